The van der Waals surface area contributed by atoms with Crippen molar-refractivity contribution in [1.82, 2.24) is 70.9 Å². The molecule has 2 aromatic carbocycles. The molecule has 0 radical (unpaired) electrons. The van der Waals surface area contributed by atoms with Crippen molar-refractivity contribution in [2.75, 3.05) is 37.9 Å². The Kier molecular flexibility index (Phi) is 26.6. The summed E-state index contributed by atoms with van der Waals surface area (Å²) in [6.45, 7) is 37.5. The Morgan fingerprint density at radius 2 is 0.951 bits per heavy atom. The van der Waals surface area contributed by atoms with Gasteiger partial charge in [0.1, 0.15) is 93.0 Å². The Morgan fingerprint density at radius 3 is 1.28 bits per heavy atom. The van der Waals surface area contributed by atoms with Crippen LogP contribution in [0, 0.1) is 22.7 Å². The van der Waals surface area contributed by atoms with Gasteiger partial charge in [0.2, 0.25) is 33.9 Å². The normalized spacial score (nSPS) is 22.6. The molecule has 2 saturated heterocycles. The molecule has 6 aliphatic rings. The van der Waals surface area contributed by atoms with E-state index in [0.29, 0.717) is 109 Å². The summed E-state index contributed by atoms with van der Waals surface area (Å²) in [5.74, 6) is -3.62. The van der Waals surface area contributed by atoms with Crippen LogP contribution in [0.5, 0.6) is 23.0 Å². The van der Waals surface area contributed by atoms with Crippen LogP contribution in [0.25, 0.3) is 43.2 Å². The number of nitrogens with zero attached hydrogens (tertiary/aromatic N) is 8. The molecule has 12 rings (SSSR count). The number of rotatable bonds is 30. The standard InChI is InChI=1S/C41H58N8O10S2.C41H56N8O10S2/c2*1-12-23-20-41(23,35(52)48-61(54,55)59-40(10)15-16-40)45-32(50)29-18-25(21-49(29)34(51)31(38(4,5)6)44-37(53)58-39(7,8)9)57-30-19-28(33-46-47-36(60-33)42-22(2)3)43-27-17-24(56-11)13-14-26(27)30/h13-14,17,19,22-23,25,29,31H,12,15-16,18,20-21H2,1-11H3,(H,42,47)(H,44,53)(H,45,50)(H,48,52);12-14,17,19,22-23,25,29,31H,1,15-16,18,20-21H2,2-11H3,(H,42,47)(H,44,53)(H,45,50)(H,48,52)/t2*23-,25-,29+,31-,41-/m11/s1. The van der Waals surface area contributed by atoms with E-state index in [1.54, 1.807) is 160 Å². The van der Waals surface area contributed by atoms with Crippen LogP contribution in [0.3, 0.4) is 0 Å². The number of hydrogen-bond donors (Lipinski definition) is 8. The monoisotopic (exact) mass is 1770 g/mol. The van der Waals surface area contributed by atoms with Gasteiger partial charge in [0.05, 0.1) is 49.5 Å². The summed E-state index contributed by atoms with van der Waals surface area (Å²) in [5, 5.41) is 38.3. The molecular formula is C82H114N16O20S4. The van der Waals surface area contributed by atoms with Crippen LogP contribution in [0.15, 0.2) is 61.2 Å². The number of pyridine rings is 2. The summed E-state index contributed by atoms with van der Waals surface area (Å²) < 4.78 is 101. The predicted octanol–water partition coefficient (Wildman–Crippen LogP) is 9.95. The van der Waals surface area contributed by atoms with Crippen LogP contribution >= 0.6 is 22.7 Å². The highest BCUT2D eigenvalue weighted by molar-refractivity contribution is 7.85. The summed E-state index contributed by atoms with van der Waals surface area (Å²) in [7, 11) is -5.92. The molecule has 4 saturated carbocycles. The van der Waals surface area contributed by atoms with Gasteiger partial charge in [-0.25, -0.2) is 37.4 Å². The molecule has 666 valence electrons. The molecule has 122 heavy (non-hydrogen) atoms. The first-order valence-electron chi connectivity index (χ1n) is 40.6. The van der Waals surface area contributed by atoms with E-state index < -0.39 is 155 Å². The number of hydrogen-bond acceptors (Lipinski definition) is 30. The van der Waals surface area contributed by atoms with Crippen LogP contribution in [0.2, 0.25) is 0 Å². The van der Waals surface area contributed by atoms with Crippen molar-refractivity contribution in [2.45, 2.75) is 271 Å². The maximum absolute atomic E-state index is 14.8. The summed E-state index contributed by atoms with van der Waals surface area (Å²) in [4.78, 5) is 125. The Labute approximate surface area is 719 Å². The fourth-order valence-corrected chi connectivity index (χ4v) is 18.3. The number of carbonyl (C=O) groups is 8. The zero-order valence-electron chi connectivity index (χ0n) is 72.8. The van der Waals surface area contributed by atoms with Gasteiger partial charge < -0.3 is 70.1 Å². The lowest BCUT2D eigenvalue weighted by atomic mass is 9.85. The first-order valence-corrected chi connectivity index (χ1v) is 45.1. The zero-order valence-corrected chi connectivity index (χ0v) is 76.1. The second-order valence-corrected chi connectivity index (χ2v) is 41.7. The molecule has 4 aromatic heterocycles. The average Bonchev–Trinajstić information content (AvgIpc) is 1.58. The number of benzene rings is 2. The maximum Gasteiger partial charge on any atom is 0.408 e. The SMILES string of the molecule is C=C[C@@H]1C[C@]1(NC(=O)[C@@H]1C[C@@H](Oc2cc(-c3nnc(NC(C)C)s3)nc3cc(OC)ccc23)CN1C(=O)[C@@H](NC(=O)OC(C)(C)C)C(C)(C)C)C(=O)NS(=O)(=O)OC1(C)CC1.CC[C@@H]1C[C@]1(NC(=O)[C@@H]1C[C@@H](Oc2cc(-c3nnc(NC(C)C)s3)nc3cc(OC)ccc23)CN1C(=O)[C@@H](NC(=O)OC(C)(C)C)C(C)(C)C)C(=O)NS(=O)(=O)OC1(C)CC1. The van der Waals surface area contributed by atoms with E-state index in [0.717, 1.165) is 0 Å². The molecule has 6 heterocycles. The van der Waals surface area contributed by atoms with Crippen molar-refractivity contribution in [3.05, 3.63) is 61.2 Å². The van der Waals surface area contributed by atoms with Crippen LogP contribution in [-0.2, 0) is 67.2 Å². The van der Waals surface area contributed by atoms with Crippen molar-refractivity contribution in [3.63, 3.8) is 0 Å². The second-order valence-electron chi connectivity index (χ2n) is 37.2. The van der Waals surface area contributed by atoms with Crippen LogP contribution in [0.4, 0.5) is 19.9 Å². The Balaban J connectivity index is 0.000000238. The molecular weight excluding hydrogens is 1660 g/mol. The van der Waals surface area contributed by atoms with Crippen molar-refractivity contribution in [1.29, 1.82) is 0 Å². The van der Waals surface area contributed by atoms with Crippen molar-refractivity contribution >= 4 is 123 Å². The molecule has 0 unspecified atom stereocenters. The number of alkyl carbamates (subject to hydrolysis) is 2. The first kappa shape index (κ1) is 92.8. The van der Waals surface area contributed by atoms with Gasteiger partial charge in [-0.3, -0.25) is 28.8 Å². The van der Waals surface area contributed by atoms with Crippen LogP contribution in [-0.4, -0.2) is 214 Å². The van der Waals surface area contributed by atoms with Gasteiger partial charge >= 0.3 is 32.8 Å². The number of carbonyl (C=O) groups excluding carboxylic acids is 8. The molecule has 8 N–H and O–H groups in total. The summed E-state index contributed by atoms with van der Waals surface area (Å²) in [5.41, 5.74) is -6.48. The molecule has 6 fully saturated rings. The highest BCUT2D eigenvalue weighted by Crippen LogP contribution is 2.49. The number of amides is 8. The van der Waals surface area contributed by atoms with Gasteiger partial charge in [0, 0.05) is 65.9 Å². The fourth-order valence-electron chi connectivity index (χ4n) is 14.3. The molecule has 40 heteroatoms. The van der Waals surface area contributed by atoms with Gasteiger partial charge in [-0.15, -0.1) is 27.0 Å². The third-order valence-electron chi connectivity index (χ3n) is 21.3. The number of methoxy groups -OCH3 is 2. The third kappa shape index (κ3) is 22.7. The molecule has 10 atom stereocenters. The number of fused-ring (bicyclic) bond motifs is 2. The number of anilines is 2. The van der Waals surface area contributed by atoms with Crippen molar-refractivity contribution < 1.29 is 92.0 Å². The van der Waals surface area contributed by atoms with E-state index in [1.165, 1.54) is 38.5 Å². The van der Waals surface area contributed by atoms with E-state index >= 15 is 0 Å². The van der Waals surface area contributed by atoms with Gasteiger partial charge in [0.15, 0.2) is 10.0 Å². The molecule has 36 nitrogen and oxygen atoms in total. The van der Waals surface area contributed by atoms with Crippen molar-refractivity contribution in [2.24, 2.45) is 22.7 Å². The minimum absolute atomic E-state index is 0.0221. The number of aromatic nitrogens is 6. The fraction of sp³-hybridized carbons (Fsp3) is 0.610. The van der Waals surface area contributed by atoms with E-state index in [9.17, 15) is 55.2 Å². The Hall–Kier alpha value is -9.90. The highest BCUT2D eigenvalue weighted by atomic mass is 32.2. The predicted molar refractivity (Wildman–Crippen MR) is 456 cm³/mol. The van der Waals surface area contributed by atoms with Gasteiger partial charge in [0.25, 0.3) is 11.8 Å². The smallest absolute Gasteiger partial charge is 0.408 e. The molecule has 2 aliphatic heterocycles. The lowest BCUT2D eigenvalue weighted by molar-refractivity contribution is -0.143. The molecule has 4 aliphatic carbocycles. The van der Waals surface area contributed by atoms with E-state index in [-0.39, 0.29) is 56.8 Å². The summed E-state index contributed by atoms with van der Waals surface area (Å²) in [6, 6.07) is 9.56. The Bertz CT molecular complexity index is 5240. The average molecular weight is 1770 g/mol. The highest BCUT2D eigenvalue weighted by Gasteiger charge is 2.64. The largest absolute Gasteiger partial charge is 0.497 e. The second kappa shape index (κ2) is 35.0. The summed E-state index contributed by atoms with van der Waals surface area (Å²) >= 11 is 2.63. The van der Waals surface area contributed by atoms with E-state index in [1.807, 2.05) is 44.1 Å². The Morgan fingerprint density at radius 1 is 0.566 bits per heavy atom. The van der Waals surface area contributed by atoms with Crippen LogP contribution < -0.4 is 60.3 Å². The molecule has 6 aromatic rings. The lowest BCUT2D eigenvalue weighted by Gasteiger charge is -2.36. The van der Waals surface area contributed by atoms with Gasteiger partial charge in [-0.2, -0.15) is 16.8 Å². The third-order valence-corrected chi connectivity index (χ3v) is 25.1. The quantitative estimate of drug-likeness (QED) is 0.0194. The molecule has 0 spiro atoms. The first-order chi connectivity index (χ1) is 56.7. The zero-order chi connectivity index (χ0) is 89.7. The minimum Gasteiger partial charge on any atom is -0.497 e. The number of nitrogens with one attached hydrogen (secondary N) is 8. The molecule has 8 amide bonds. The molecule has 0 bridgehead atoms. The number of likely N-dealkylation sites (tertiary alicyclic amines) is 2. The topological polar surface area (TPSA) is 459 Å². The van der Waals surface area contributed by atoms with Crippen molar-refractivity contribution in [3.8, 4) is 44.4 Å². The lowest BCUT2D eigenvalue weighted by Crippen LogP contribution is -2.60. The van der Waals surface area contributed by atoms with E-state index in [2.05, 4.69) is 58.9 Å². The number of ether oxygens (including phenoxy) is 6. The summed E-state index contributed by atoms with van der Waals surface area (Å²) in [6.07, 6.45) is 0.929. The minimum atomic E-state index is -4.52. The van der Waals surface area contributed by atoms with Gasteiger partial charge in [-0.1, -0.05) is 83.6 Å². The van der Waals surface area contributed by atoms with Crippen LogP contribution in [0.1, 0.15) is 189 Å². The van der Waals surface area contributed by atoms with E-state index in [4.69, 9.17) is 46.8 Å². The van der Waals surface area contributed by atoms with Gasteiger partial charge in [-0.05, 0) is 163 Å². The maximum atomic E-state index is 14.8.